The maximum Gasteiger partial charge on any atom is 0.116 e. The van der Waals surface area contributed by atoms with Crippen LogP contribution in [0.5, 0.6) is 0 Å². The van der Waals surface area contributed by atoms with E-state index in [1.807, 2.05) is 6.07 Å². The van der Waals surface area contributed by atoms with Crippen LogP contribution in [0.25, 0.3) is 10.2 Å². The molecule has 2 aromatic carbocycles. The minimum Gasteiger partial charge on any atom is -0.376 e. The topological polar surface area (TPSA) is 24.9 Å². The van der Waals surface area contributed by atoms with Crippen LogP contribution in [0.3, 0.4) is 0 Å². The van der Waals surface area contributed by atoms with Crippen LogP contribution in [-0.2, 0) is 0 Å². The van der Waals surface area contributed by atoms with Crippen LogP contribution in [0.1, 0.15) is 29.1 Å². The molecule has 3 rings (SSSR count). The average Bonchev–Trinajstić information content (AvgIpc) is 2.88. The van der Waals surface area contributed by atoms with E-state index >= 15 is 0 Å². The van der Waals surface area contributed by atoms with Gasteiger partial charge in [0.15, 0.2) is 0 Å². The molecule has 3 heteroatoms. The number of aromatic nitrogens is 1. The molecule has 0 aliphatic carbocycles. The summed E-state index contributed by atoms with van der Waals surface area (Å²) in [5, 5.41) is 4.71. The summed E-state index contributed by atoms with van der Waals surface area (Å²) in [6.45, 7) is 6.46. The van der Waals surface area contributed by atoms with Gasteiger partial charge in [-0.05, 0) is 50.1 Å². The predicted molar refractivity (Wildman–Crippen MR) is 87.6 cm³/mol. The summed E-state index contributed by atoms with van der Waals surface area (Å²) in [6.07, 6.45) is 0. The molecular weight excluding hydrogens is 264 g/mol. The highest BCUT2D eigenvalue weighted by Crippen LogP contribution is 2.29. The van der Waals surface area contributed by atoms with Gasteiger partial charge < -0.3 is 5.32 Å². The van der Waals surface area contributed by atoms with Gasteiger partial charge in [-0.1, -0.05) is 24.3 Å². The molecule has 1 atom stereocenters. The number of anilines is 1. The summed E-state index contributed by atoms with van der Waals surface area (Å²) in [7, 11) is 0. The average molecular weight is 282 g/mol. The number of nitrogens with zero attached hydrogens (tertiary/aromatic N) is 1. The molecule has 1 heterocycles. The van der Waals surface area contributed by atoms with Gasteiger partial charge in [-0.3, -0.25) is 0 Å². The number of nitrogens with one attached hydrogen (secondary N) is 1. The zero-order valence-electron chi connectivity index (χ0n) is 12.0. The molecule has 0 spiro atoms. The van der Waals surface area contributed by atoms with Gasteiger partial charge >= 0.3 is 0 Å². The second kappa shape index (κ2) is 5.25. The Morgan fingerprint density at radius 3 is 2.65 bits per heavy atom. The van der Waals surface area contributed by atoms with E-state index in [0.29, 0.717) is 0 Å². The number of para-hydroxylation sites is 1. The van der Waals surface area contributed by atoms with Crippen molar-refractivity contribution in [2.24, 2.45) is 0 Å². The fourth-order valence-electron chi connectivity index (χ4n) is 2.28. The third-order valence-electron chi connectivity index (χ3n) is 3.66. The highest BCUT2D eigenvalue weighted by molar-refractivity contribution is 7.18. The molecule has 1 N–H and O–H groups in total. The molecule has 0 bridgehead atoms. The quantitative estimate of drug-likeness (QED) is 0.724. The molecule has 0 radical (unpaired) electrons. The Kier molecular flexibility index (Phi) is 3.45. The van der Waals surface area contributed by atoms with Crippen LogP contribution in [0.2, 0.25) is 0 Å². The minimum absolute atomic E-state index is 0.216. The second-order valence-corrected chi connectivity index (χ2v) is 6.20. The Labute approximate surface area is 123 Å². The van der Waals surface area contributed by atoms with Crippen molar-refractivity contribution >= 4 is 27.2 Å². The van der Waals surface area contributed by atoms with Gasteiger partial charge in [-0.25, -0.2) is 4.98 Å². The smallest absolute Gasteiger partial charge is 0.116 e. The Hall–Kier alpha value is -1.87. The number of hydrogen-bond acceptors (Lipinski definition) is 3. The maximum atomic E-state index is 4.72. The molecule has 1 unspecified atom stereocenters. The van der Waals surface area contributed by atoms with E-state index in [1.54, 1.807) is 11.3 Å². The lowest BCUT2D eigenvalue weighted by atomic mass is 10.1. The SMILES string of the molecule is Cc1cccc(NC(C)c2nc3ccccc3s2)c1C. The Balaban J connectivity index is 1.89. The van der Waals surface area contributed by atoms with Gasteiger partial charge in [-0.15, -0.1) is 11.3 Å². The molecule has 1 aromatic heterocycles. The third kappa shape index (κ3) is 2.41. The van der Waals surface area contributed by atoms with E-state index in [1.165, 1.54) is 21.5 Å². The molecule has 0 saturated carbocycles. The lowest BCUT2D eigenvalue weighted by Gasteiger charge is -2.16. The van der Waals surface area contributed by atoms with E-state index in [-0.39, 0.29) is 6.04 Å². The van der Waals surface area contributed by atoms with Crippen LogP contribution < -0.4 is 5.32 Å². The molecule has 0 aliphatic rings. The highest BCUT2D eigenvalue weighted by Gasteiger charge is 2.12. The van der Waals surface area contributed by atoms with Crippen molar-refractivity contribution in [2.75, 3.05) is 5.32 Å². The standard InChI is InChI=1S/C17H18N2S/c1-11-7-6-9-14(12(11)2)18-13(3)17-19-15-8-4-5-10-16(15)20-17/h4-10,13,18H,1-3H3. The fraction of sp³-hybridized carbons (Fsp3) is 0.235. The monoisotopic (exact) mass is 282 g/mol. The zero-order chi connectivity index (χ0) is 14.1. The van der Waals surface area contributed by atoms with Gasteiger partial charge in [-0.2, -0.15) is 0 Å². The number of benzene rings is 2. The van der Waals surface area contributed by atoms with Gasteiger partial charge in [0, 0.05) is 5.69 Å². The molecule has 0 saturated heterocycles. The second-order valence-electron chi connectivity index (χ2n) is 5.13. The lowest BCUT2D eigenvalue weighted by molar-refractivity contribution is 0.872. The van der Waals surface area contributed by atoms with Crippen molar-refractivity contribution in [3.05, 3.63) is 58.6 Å². The zero-order valence-corrected chi connectivity index (χ0v) is 12.8. The Morgan fingerprint density at radius 2 is 1.85 bits per heavy atom. The van der Waals surface area contributed by atoms with Gasteiger partial charge in [0.1, 0.15) is 5.01 Å². The summed E-state index contributed by atoms with van der Waals surface area (Å²) < 4.78 is 1.25. The summed E-state index contributed by atoms with van der Waals surface area (Å²) in [5.74, 6) is 0. The van der Waals surface area contributed by atoms with E-state index < -0.39 is 0 Å². The van der Waals surface area contributed by atoms with Crippen molar-refractivity contribution < 1.29 is 0 Å². The number of fused-ring (bicyclic) bond motifs is 1. The van der Waals surface area contributed by atoms with Gasteiger partial charge in [0.2, 0.25) is 0 Å². The minimum atomic E-state index is 0.216. The van der Waals surface area contributed by atoms with Crippen LogP contribution in [0.15, 0.2) is 42.5 Å². The third-order valence-corrected chi connectivity index (χ3v) is 4.88. The largest absolute Gasteiger partial charge is 0.376 e. The molecule has 0 amide bonds. The number of hydrogen-bond donors (Lipinski definition) is 1. The number of thiazole rings is 1. The van der Waals surface area contributed by atoms with Gasteiger partial charge in [0.05, 0.1) is 16.3 Å². The van der Waals surface area contributed by atoms with E-state index in [9.17, 15) is 0 Å². The fourth-order valence-corrected chi connectivity index (χ4v) is 3.25. The van der Waals surface area contributed by atoms with Crippen LogP contribution in [0, 0.1) is 13.8 Å². The van der Waals surface area contributed by atoms with E-state index in [0.717, 1.165) is 10.5 Å². The molecule has 0 fully saturated rings. The molecule has 3 aromatic rings. The molecular formula is C17H18N2S. The molecule has 102 valence electrons. The van der Waals surface area contributed by atoms with Crippen molar-refractivity contribution in [1.82, 2.24) is 4.98 Å². The Morgan fingerprint density at radius 1 is 1.05 bits per heavy atom. The first-order valence-electron chi connectivity index (χ1n) is 6.83. The van der Waals surface area contributed by atoms with Crippen LogP contribution >= 0.6 is 11.3 Å². The van der Waals surface area contributed by atoms with Crippen molar-refractivity contribution in [1.29, 1.82) is 0 Å². The molecule has 2 nitrogen and oxygen atoms in total. The molecule has 20 heavy (non-hydrogen) atoms. The predicted octanol–water partition coefficient (Wildman–Crippen LogP) is 5.09. The summed E-state index contributed by atoms with van der Waals surface area (Å²) in [5.41, 5.74) is 4.89. The van der Waals surface area contributed by atoms with Crippen molar-refractivity contribution in [3.8, 4) is 0 Å². The Bertz CT molecular complexity index is 713. The van der Waals surface area contributed by atoms with Crippen LogP contribution in [-0.4, -0.2) is 4.98 Å². The maximum absolute atomic E-state index is 4.72. The first-order chi connectivity index (χ1) is 9.65. The highest BCUT2D eigenvalue weighted by atomic mass is 32.1. The number of rotatable bonds is 3. The van der Waals surface area contributed by atoms with E-state index in [4.69, 9.17) is 4.98 Å². The molecule has 0 aliphatic heterocycles. The number of aryl methyl sites for hydroxylation is 1. The first-order valence-corrected chi connectivity index (χ1v) is 7.65. The van der Waals surface area contributed by atoms with Crippen molar-refractivity contribution in [3.63, 3.8) is 0 Å². The summed E-state index contributed by atoms with van der Waals surface area (Å²) in [4.78, 5) is 4.72. The first kappa shape index (κ1) is 13.1. The van der Waals surface area contributed by atoms with Gasteiger partial charge in [0.25, 0.3) is 0 Å². The van der Waals surface area contributed by atoms with E-state index in [2.05, 4.69) is 62.5 Å². The lowest BCUT2D eigenvalue weighted by Crippen LogP contribution is -2.07. The van der Waals surface area contributed by atoms with Crippen LogP contribution in [0.4, 0.5) is 5.69 Å². The van der Waals surface area contributed by atoms with Crippen molar-refractivity contribution in [2.45, 2.75) is 26.8 Å². The normalized spacial score (nSPS) is 12.6. The summed E-state index contributed by atoms with van der Waals surface area (Å²) in [6, 6.07) is 14.9. The summed E-state index contributed by atoms with van der Waals surface area (Å²) >= 11 is 1.76.